The normalized spacial score (nSPS) is 10.1. The van der Waals surface area contributed by atoms with Gasteiger partial charge in [-0.25, -0.2) is 4.39 Å². The number of rotatable bonds is 6. The first-order chi connectivity index (χ1) is 8.17. The van der Waals surface area contributed by atoms with Gasteiger partial charge >= 0.3 is 0 Å². The largest absolute Gasteiger partial charge is 0.491 e. The first-order valence-electron chi connectivity index (χ1n) is 5.40. The predicted octanol–water partition coefficient (Wildman–Crippen LogP) is 1.22. The minimum Gasteiger partial charge on any atom is -0.491 e. The second-order valence-corrected chi connectivity index (χ2v) is 3.55. The topological polar surface area (TPSA) is 58.6 Å². The Bertz CT molecular complexity index is 382. The van der Waals surface area contributed by atoms with Crippen molar-refractivity contribution in [1.82, 2.24) is 5.32 Å². The summed E-state index contributed by atoms with van der Waals surface area (Å²) in [6.45, 7) is 0.0800. The number of aliphatic hydroxyl groups excluding tert-OH is 1. The molecule has 1 rings (SSSR count). The first kappa shape index (κ1) is 13.4. The van der Waals surface area contributed by atoms with Crippen molar-refractivity contribution in [2.24, 2.45) is 0 Å². The van der Waals surface area contributed by atoms with Crippen molar-refractivity contribution >= 4 is 5.91 Å². The third kappa shape index (κ3) is 4.40. The summed E-state index contributed by atoms with van der Waals surface area (Å²) >= 11 is 0. The lowest BCUT2D eigenvalue weighted by atomic mass is 10.2. The van der Waals surface area contributed by atoms with Crippen molar-refractivity contribution in [3.05, 3.63) is 29.6 Å². The Morgan fingerprint density at radius 2 is 2.29 bits per heavy atom. The summed E-state index contributed by atoms with van der Waals surface area (Å²) in [5.74, 6) is -0.430. The molecule has 0 radical (unpaired) electrons. The van der Waals surface area contributed by atoms with Crippen LogP contribution in [-0.4, -0.2) is 24.7 Å². The molecule has 0 saturated heterocycles. The summed E-state index contributed by atoms with van der Waals surface area (Å²) in [5, 5.41) is 11.3. The van der Waals surface area contributed by atoms with E-state index in [1.54, 1.807) is 13.1 Å². The fraction of sp³-hybridized carbons (Fsp3) is 0.417. The molecular formula is C12H16FNO3. The molecule has 0 heterocycles. The Hall–Kier alpha value is -1.62. The zero-order chi connectivity index (χ0) is 12.7. The Morgan fingerprint density at radius 3 is 2.88 bits per heavy atom. The molecule has 17 heavy (non-hydrogen) atoms. The third-order valence-electron chi connectivity index (χ3n) is 2.26. The Kier molecular flexibility index (Phi) is 5.42. The average molecular weight is 241 g/mol. The van der Waals surface area contributed by atoms with Gasteiger partial charge in [-0.15, -0.1) is 0 Å². The number of carbonyl (C=O) groups is 1. The second kappa shape index (κ2) is 6.85. The molecule has 1 amide bonds. The van der Waals surface area contributed by atoms with Crippen molar-refractivity contribution in [2.45, 2.75) is 19.4 Å². The van der Waals surface area contributed by atoms with E-state index >= 15 is 0 Å². The lowest BCUT2D eigenvalue weighted by molar-refractivity contribution is -0.120. The van der Waals surface area contributed by atoms with Gasteiger partial charge in [0.05, 0.1) is 13.2 Å². The van der Waals surface area contributed by atoms with Gasteiger partial charge in [0.15, 0.2) is 11.6 Å². The van der Waals surface area contributed by atoms with Gasteiger partial charge in [0, 0.05) is 13.5 Å². The maximum Gasteiger partial charge on any atom is 0.219 e. The van der Waals surface area contributed by atoms with Gasteiger partial charge in [-0.3, -0.25) is 4.79 Å². The number of nitrogens with one attached hydrogen (secondary N) is 1. The number of aliphatic hydroxyl groups is 1. The van der Waals surface area contributed by atoms with E-state index in [-0.39, 0.29) is 24.9 Å². The van der Waals surface area contributed by atoms with Crippen LogP contribution in [0, 0.1) is 5.82 Å². The lowest BCUT2D eigenvalue weighted by Gasteiger charge is -2.07. The van der Waals surface area contributed by atoms with Crippen molar-refractivity contribution in [3.63, 3.8) is 0 Å². The SMILES string of the molecule is CNC(=O)CCCOc1ccc(CO)cc1F. The van der Waals surface area contributed by atoms with Gasteiger partial charge in [0.2, 0.25) is 5.91 Å². The maximum atomic E-state index is 13.4. The molecule has 0 aliphatic carbocycles. The molecule has 0 unspecified atom stereocenters. The number of ether oxygens (including phenoxy) is 1. The standard InChI is InChI=1S/C12H16FNO3/c1-14-12(16)3-2-6-17-11-5-4-9(8-15)7-10(11)13/h4-5,7,15H,2-3,6,8H2,1H3,(H,14,16). The number of carbonyl (C=O) groups excluding carboxylic acids is 1. The monoisotopic (exact) mass is 241 g/mol. The van der Waals surface area contributed by atoms with E-state index < -0.39 is 5.82 Å². The molecule has 0 fully saturated rings. The van der Waals surface area contributed by atoms with Crippen LogP contribution in [0.25, 0.3) is 0 Å². The summed E-state index contributed by atoms with van der Waals surface area (Å²) in [4.78, 5) is 10.9. The van der Waals surface area contributed by atoms with Crippen LogP contribution in [-0.2, 0) is 11.4 Å². The number of halogens is 1. The van der Waals surface area contributed by atoms with E-state index in [1.807, 2.05) is 0 Å². The molecule has 0 aliphatic heterocycles. The van der Waals surface area contributed by atoms with Gasteiger partial charge in [-0.2, -0.15) is 0 Å². The average Bonchev–Trinajstić information content (AvgIpc) is 2.35. The highest BCUT2D eigenvalue weighted by Gasteiger charge is 2.05. The number of hydrogen-bond acceptors (Lipinski definition) is 3. The van der Waals surface area contributed by atoms with Crippen LogP contribution in [0.15, 0.2) is 18.2 Å². The van der Waals surface area contributed by atoms with E-state index in [2.05, 4.69) is 5.32 Å². The van der Waals surface area contributed by atoms with E-state index in [4.69, 9.17) is 9.84 Å². The molecule has 1 aromatic carbocycles. The maximum absolute atomic E-state index is 13.4. The predicted molar refractivity (Wildman–Crippen MR) is 61.1 cm³/mol. The highest BCUT2D eigenvalue weighted by atomic mass is 19.1. The Labute approximate surface area is 99.4 Å². The number of benzene rings is 1. The molecule has 0 spiro atoms. The number of hydrogen-bond donors (Lipinski definition) is 2. The summed E-state index contributed by atoms with van der Waals surface area (Å²) < 4.78 is 18.6. The highest BCUT2D eigenvalue weighted by molar-refractivity contribution is 5.75. The van der Waals surface area contributed by atoms with Crippen LogP contribution in [0.3, 0.4) is 0 Å². The molecule has 1 aromatic rings. The zero-order valence-electron chi connectivity index (χ0n) is 9.70. The first-order valence-corrected chi connectivity index (χ1v) is 5.40. The van der Waals surface area contributed by atoms with Gasteiger partial charge < -0.3 is 15.2 Å². The van der Waals surface area contributed by atoms with E-state index in [0.29, 0.717) is 18.4 Å². The fourth-order valence-corrected chi connectivity index (χ4v) is 1.30. The molecule has 5 heteroatoms. The number of amides is 1. The molecular weight excluding hydrogens is 225 g/mol. The summed E-state index contributed by atoms with van der Waals surface area (Å²) in [5.41, 5.74) is 0.500. The smallest absolute Gasteiger partial charge is 0.219 e. The van der Waals surface area contributed by atoms with Crippen LogP contribution in [0.2, 0.25) is 0 Å². The minimum atomic E-state index is -0.503. The molecule has 94 valence electrons. The van der Waals surface area contributed by atoms with Crippen LogP contribution in [0.1, 0.15) is 18.4 Å². The van der Waals surface area contributed by atoms with Crippen molar-refractivity contribution in [2.75, 3.05) is 13.7 Å². The van der Waals surface area contributed by atoms with E-state index in [0.717, 1.165) is 0 Å². The zero-order valence-corrected chi connectivity index (χ0v) is 9.70. The van der Waals surface area contributed by atoms with E-state index in [1.165, 1.54) is 12.1 Å². The lowest BCUT2D eigenvalue weighted by Crippen LogP contribution is -2.18. The Morgan fingerprint density at radius 1 is 1.53 bits per heavy atom. The minimum absolute atomic E-state index is 0.0651. The van der Waals surface area contributed by atoms with E-state index in [9.17, 15) is 9.18 Å². The van der Waals surface area contributed by atoms with Crippen LogP contribution in [0.5, 0.6) is 5.75 Å². The van der Waals surface area contributed by atoms with Crippen LogP contribution in [0.4, 0.5) is 4.39 Å². The quantitative estimate of drug-likeness (QED) is 0.736. The molecule has 2 N–H and O–H groups in total. The van der Waals surface area contributed by atoms with Gasteiger partial charge in [0.25, 0.3) is 0 Å². The molecule has 0 atom stereocenters. The molecule has 0 saturated carbocycles. The van der Waals surface area contributed by atoms with Gasteiger partial charge in [0.1, 0.15) is 0 Å². The highest BCUT2D eigenvalue weighted by Crippen LogP contribution is 2.18. The molecule has 4 nitrogen and oxygen atoms in total. The molecule has 0 aromatic heterocycles. The van der Waals surface area contributed by atoms with Crippen LogP contribution >= 0.6 is 0 Å². The van der Waals surface area contributed by atoms with Crippen LogP contribution < -0.4 is 10.1 Å². The van der Waals surface area contributed by atoms with Crippen molar-refractivity contribution in [3.8, 4) is 5.75 Å². The van der Waals surface area contributed by atoms with Gasteiger partial charge in [-0.05, 0) is 24.1 Å². The van der Waals surface area contributed by atoms with Crippen molar-refractivity contribution < 1.29 is 19.0 Å². The summed E-state index contributed by atoms with van der Waals surface area (Å²) in [6.07, 6.45) is 0.883. The summed E-state index contributed by atoms with van der Waals surface area (Å²) in [6, 6.07) is 4.30. The molecule has 0 aliphatic rings. The second-order valence-electron chi connectivity index (χ2n) is 3.55. The summed E-state index contributed by atoms with van der Waals surface area (Å²) in [7, 11) is 1.57. The molecule has 0 bridgehead atoms. The third-order valence-corrected chi connectivity index (χ3v) is 2.26. The van der Waals surface area contributed by atoms with Crippen molar-refractivity contribution in [1.29, 1.82) is 0 Å². The van der Waals surface area contributed by atoms with Gasteiger partial charge in [-0.1, -0.05) is 6.07 Å². The Balaban J connectivity index is 2.39. The fourth-order valence-electron chi connectivity index (χ4n) is 1.30.